The van der Waals surface area contributed by atoms with Gasteiger partial charge in [0.15, 0.2) is 0 Å². The third-order valence-electron chi connectivity index (χ3n) is 5.48. The van der Waals surface area contributed by atoms with Gasteiger partial charge in [-0.15, -0.1) is 0 Å². The molecule has 0 aliphatic carbocycles. The van der Waals surface area contributed by atoms with Gasteiger partial charge in [0.1, 0.15) is 23.0 Å². The lowest BCUT2D eigenvalue weighted by Gasteiger charge is -2.22. The highest BCUT2D eigenvalue weighted by Crippen LogP contribution is 2.36. The van der Waals surface area contributed by atoms with Crippen molar-refractivity contribution in [3.8, 4) is 23.0 Å². The van der Waals surface area contributed by atoms with Crippen LogP contribution in [0.4, 0.5) is 0 Å². The first-order chi connectivity index (χ1) is 14.7. The Bertz CT molecular complexity index is 985. The summed E-state index contributed by atoms with van der Waals surface area (Å²) in [5, 5.41) is 0. The molecule has 2 atom stereocenters. The third kappa shape index (κ3) is 4.90. The molecule has 0 radical (unpaired) electrons. The molecule has 0 fully saturated rings. The smallest absolute Gasteiger partial charge is 0.127 e. The van der Waals surface area contributed by atoms with Crippen LogP contribution in [0.25, 0.3) is 0 Å². The van der Waals surface area contributed by atoms with Crippen LogP contribution in [-0.2, 0) is 0 Å². The zero-order valence-electron chi connectivity index (χ0n) is 17.4. The predicted octanol–water partition coefficient (Wildman–Crippen LogP) is 8.18. The highest BCUT2D eigenvalue weighted by atomic mass is 16.5. The van der Waals surface area contributed by atoms with Gasteiger partial charge in [-0.05, 0) is 71.5 Å². The number of hydrogen-bond donors (Lipinski definition) is 0. The van der Waals surface area contributed by atoms with Crippen molar-refractivity contribution in [2.45, 2.75) is 25.7 Å². The average Bonchev–Trinajstić information content (AvgIpc) is 2.80. The van der Waals surface area contributed by atoms with Gasteiger partial charge in [0, 0.05) is 0 Å². The maximum Gasteiger partial charge on any atom is 0.127 e. The lowest BCUT2D eigenvalue weighted by Crippen LogP contribution is -2.05. The van der Waals surface area contributed by atoms with Crippen LogP contribution in [0, 0.1) is 0 Å². The zero-order chi connectivity index (χ0) is 20.8. The molecule has 2 unspecified atom stereocenters. The Kier molecular flexibility index (Phi) is 6.14. The van der Waals surface area contributed by atoms with Crippen LogP contribution in [0.2, 0.25) is 0 Å². The Labute approximate surface area is 178 Å². The first-order valence-corrected chi connectivity index (χ1v) is 10.3. The van der Waals surface area contributed by atoms with E-state index in [-0.39, 0.29) is 0 Å². The monoisotopic (exact) mass is 394 g/mol. The van der Waals surface area contributed by atoms with E-state index in [2.05, 4.69) is 50.2 Å². The Morgan fingerprint density at radius 1 is 0.433 bits per heavy atom. The summed E-state index contributed by atoms with van der Waals surface area (Å²) in [5.41, 5.74) is 2.51. The summed E-state index contributed by atoms with van der Waals surface area (Å²) in [4.78, 5) is 0. The van der Waals surface area contributed by atoms with Gasteiger partial charge in [-0.25, -0.2) is 0 Å². The molecule has 0 bridgehead atoms. The fourth-order valence-electron chi connectivity index (χ4n) is 3.55. The Morgan fingerprint density at radius 3 is 1.20 bits per heavy atom. The highest BCUT2D eigenvalue weighted by Gasteiger charge is 2.17. The summed E-state index contributed by atoms with van der Waals surface area (Å²) in [6, 6.07) is 36.5. The fourth-order valence-corrected chi connectivity index (χ4v) is 3.55. The summed E-state index contributed by atoms with van der Waals surface area (Å²) in [7, 11) is 0. The molecule has 0 saturated carbocycles. The molecule has 2 heteroatoms. The molecule has 2 nitrogen and oxygen atoms in total. The van der Waals surface area contributed by atoms with Gasteiger partial charge in [-0.1, -0.05) is 74.5 Å². The lowest BCUT2D eigenvalue weighted by atomic mass is 9.84. The number of para-hydroxylation sites is 2. The number of ether oxygens (including phenoxy) is 2. The molecule has 0 aliphatic heterocycles. The number of benzene rings is 4. The number of hydrogen-bond acceptors (Lipinski definition) is 2. The van der Waals surface area contributed by atoms with Crippen LogP contribution < -0.4 is 9.47 Å². The summed E-state index contributed by atoms with van der Waals surface area (Å²) in [6.45, 7) is 4.52. The van der Waals surface area contributed by atoms with Gasteiger partial charge in [0.05, 0.1) is 0 Å². The second-order valence-corrected chi connectivity index (χ2v) is 7.55. The summed E-state index contributed by atoms with van der Waals surface area (Å²) >= 11 is 0. The van der Waals surface area contributed by atoms with Gasteiger partial charge in [-0.3, -0.25) is 0 Å². The van der Waals surface area contributed by atoms with Gasteiger partial charge in [-0.2, -0.15) is 0 Å². The topological polar surface area (TPSA) is 18.5 Å². The van der Waals surface area contributed by atoms with Crippen LogP contribution in [0.5, 0.6) is 23.0 Å². The zero-order valence-corrected chi connectivity index (χ0v) is 17.4. The van der Waals surface area contributed by atoms with Crippen molar-refractivity contribution in [3.63, 3.8) is 0 Å². The van der Waals surface area contributed by atoms with Crippen molar-refractivity contribution in [3.05, 3.63) is 120 Å². The molecule has 0 aromatic heterocycles. The molecule has 4 aromatic rings. The van der Waals surface area contributed by atoms with E-state index >= 15 is 0 Å². The molecule has 150 valence electrons. The quantitative estimate of drug-likeness (QED) is 0.315. The van der Waals surface area contributed by atoms with Crippen molar-refractivity contribution < 1.29 is 9.47 Å². The van der Waals surface area contributed by atoms with E-state index in [9.17, 15) is 0 Å². The van der Waals surface area contributed by atoms with Crippen LogP contribution in [0.15, 0.2) is 109 Å². The van der Waals surface area contributed by atoms with E-state index in [1.807, 2.05) is 72.8 Å². The Morgan fingerprint density at radius 2 is 0.800 bits per heavy atom. The molecular formula is C28H26O2. The van der Waals surface area contributed by atoms with Crippen molar-refractivity contribution >= 4 is 0 Å². The van der Waals surface area contributed by atoms with E-state index in [0.717, 1.165) is 23.0 Å². The van der Waals surface area contributed by atoms with Crippen LogP contribution in [0.3, 0.4) is 0 Å². The highest BCUT2D eigenvalue weighted by molar-refractivity contribution is 5.39. The van der Waals surface area contributed by atoms with E-state index in [1.165, 1.54) is 11.1 Å². The molecule has 0 saturated heterocycles. The summed E-state index contributed by atoms with van der Waals surface area (Å²) < 4.78 is 12.0. The predicted molar refractivity (Wildman–Crippen MR) is 123 cm³/mol. The van der Waals surface area contributed by atoms with E-state index in [1.54, 1.807) is 0 Å². The van der Waals surface area contributed by atoms with Gasteiger partial charge < -0.3 is 9.47 Å². The summed E-state index contributed by atoms with van der Waals surface area (Å²) in [5.74, 6) is 4.08. The molecule has 30 heavy (non-hydrogen) atoms. The fraction of sp³-hybridized carbons (Fsp3) is 0.143. The van der Waals surface area contributed by atoms with Gasteiger partial charge in [0.25, 0.3) is 0 Å². The lowest BCUT2D eigenvalue weighted by molar-refractivity contribution is 0.478. The van der Waals surface area contributed by atoms with Crippen molar-refractivity contribution in [2.75, 3.05) is 0 Å². The van der Waals surface area contributed by atoms with Gasteiger partial charge in [0.2, 0.25) is 0 Å². The Hall–Kier alpha value is -3.52. The summed E-state index contributed by atoms with van der Waals surface area (Å²) in [6.07, 6.45) is 0. The number of rotatable bonds is 7. The molecule has 0 N–H and O–H groups in total. The van der Waals surface area contributed by atoms with Crippen LogP contribution >= 0.6 is 0 Å². The van der Waals surface area contributed by atoms with E-state index in [4.69, 9.17) is 9.47 Å². The SMILES string of the molecule is CC(c1cccc(Oc2ccccc2)c1)C(C)c1cccc(Oc2ccccc2)c1. The van der Waals surface area contributed by atoms with Crippen molar-refractivity contribution in [2.24, 2.45) is 0 Å². The maximum absolute atomic E-state index is 6.02. The van der Waals surface area contributed by atoms with E-state index < -0.39 is 0 Å². The Balaban J connectivity index is 1.50. The molecule has 4 rings (SSSR count). The molecule has 4 aromatic carbocycles. The second-order valence-electron chi connectivity index (χ2n) is 7.55. The standard InChI is InChI=1S/C28H26O2/c1-21(23-11-9-17-27(19-23)29-25-13-5-3-6-14-25)22(2)24-12-10-18-28(20-24)30-26-15-7-4-8-16-26/h3-22H,1-2H3. The average molecular weight is 395 g/mol. The first-order valence-electron chi connectivity index (χ1n) is 10.3. The van der Waals surface area contributed by atoms with Crippen molar-refractivity contribution in [1.82, 2.24) is 0 Å². The minimum absolute atomic E-state index is 0.330. The minimum Gasteiger partial charge on any atom is -0.457 e. The van der Waals surface area contributed by atoms with E-state index in [0.29, 0.717) is 11.8 Å². The first kappa shape index (κ1) is 19.8. The molecular weight excluding hydrogens is 368 g/mol. The third-order valence-corrected chi connectivity index (χ3v) is 5.48. The molecule has 0 heterocycles. The molecule has 0 amide bonds. The maximum atomic E-state index is 6.02. The van der Waals surface area contributed by atoms with Crippen molar-refractivity contribution in [1.29, 1.82) is 0 Å². The van der Waals surface area contributed by atoms with Crippen LogP contribution in [0.1, 0.15) is 36.8 Å². The largest absolute Gasteiger partial charge is 0.457 e. The van der Waals surface area contributed by atoms with Gasteiger partial charge >= 0.3 is 0 Å². The molecule has 0 spiro atoms. The molecule has 0 aliphatic rings. The van der Waals surface area contributed by atoms with Crippen LogP contribution in [-0.4, -0.2) is 0 Å². The minimum atomic E-state index is 0.330. The second kappa shape index (κ2) is 9.32. The normalized spacial score (nSPS) is 12.7.